The van der Waals surface area contributed by atoms with Gasteiger partial charge in [0, 0.05) is 73.5 Å². The van der Waals surface area contributed by atoms with E-state index in [0.717, 1.165) is 24.5 Å². The van der Waals surface area contributed by atoms with Crippen LogP contribution in [-0.2, 0) is 9.53 Å². The molecule has 212 valence electrons. The van der Waals surface area contributed by atoms with Crippen LogP contribution in [-0.4, -0.2) is 60.8 Å². The number of hydrogen-bond acceptors (Lipinski definition) is 8. The van der Waals surface area contributed by atoms with Crippen LogP contribution < -0.4 is 19.9 Å². The van der Waals surface area contributed by atoms with Crippen molar-refractivity contribution in [1.29, 1.82) is 0 Å². The Kier molecular flexibility index (Phi) is 7.36. The number of halogens is 2. The van der Waals surface area contributed by atoms with E-state index in [1.807, 2.05) is 12.1 Å². The quantitative estimate of drug-likeness (QED) is 0.336. The van der Waals surface area contributed by atoms with Crippen molar-refractivity contribution < 1.29 is 23.0 Å². The van der Waals surface area contributed by atoms with Crippen molar-refractivity contribution in [3.05, 3.63) is 60.1 Å². The zero-order valence-electron chi connectivity index (χ0n) is 22.9. The predicted molar refractivity (Wildman–Crippen MR) is 153 cm³/mol. The largest absolute Gasteiger partial charge is 0.491 e. The zero-order valence-corrected chi connectivity index (χ0v) is 22.9. The molecule has 0 saturated carbocycles. The van der Waals surface area contributed by atoms with Crippen LogP contribution in [0.3, 0.4) is 0 Å². The van der Waals surface area contributed by atoms with Gasteiger partial charge in [-0.05, 0) is 25.8 Å². The summed E-state index contributed by atoms with van der Waals surface area (Å²) >= 11 is 0. The maximum atomic E-state index is 15.5. The molecule has 2 saturated heterocycles. The van der Waals surface area contributed by atoms with Crippen LogP contribution in [0, 0.1) is 18.6 Å². The molecule has 41 heavy (non-hydrogen) atoms. The molecular weight excluding hydrogens is 530 g/mol. The second-order valence-corrected chi connectivity index (χ2v) is 10.1. The summed E-state index contributed by atoms with van der Waals surface area (Å²) in [4.78, 5) is 30.2. The summed E-state index contributed by atoms with van der Waals surface area (Å²) in [6.07, 6.45) is 7.12. The average Bonchev–Trinajstić information content (AvgIpc) is 2.99. The minimum atomic E-state index is -0.765. The molecule has 1 N–H and O–H groups in total. The molecule has 0 unspecified atom stereocenters. The number of carbonyl (C=O) groups is 1. The number of fused-ring (bicyclic) bond motifs is 1. The van der Waals surface area contributed by atoms with E-state index >= 15 is 4.39 Å². The number of pyridine rings is 3. The van der Waals surface area contributed by atoms with E-state index in [9.17, 15) is 9.18 Å². The molecule has 11 heteroatoms. The van der Waals surface area contributed by atoms with Gasteiger partial charge >= 0.3 is 0 Å². The number of rotatable bonds is 6. The van der Waals surface area contributed by atoms with E-state index in [1.165, 1.54) is 6.07 Å². The van der Waals surface area contributed by atoms with Crippen LogP contribution in [0.5, 0.6) is 5.75 Å². The average molecular weight is 561 g/mol. The van der Waals surface area contributed by atoms with E-state index in [0.29, 0.717) is 79.2 Å². The summed E-state index contributed by atoms with van der Waals surface area (Å²) in [6.45, 7) is 4.63. The highest BCUT2D eigenvalue weighted by Crippen LogP contribution is 2.45. The second-order valence-electron chi connectivity index (χ2n) is 10.1. The van der Waals surface area contributed by atoms with Gasteiger partial charge in [-0.2, -0.15) is 0 Å². The summed E-state index contributed by atoms with van der Waals surface area (Å²) in [5, 5.41) is 3.56. The fraction of sp³-hybridized carbons (Fsp3) is 0.333. The van der Waals surface area contributed by atoms with E-state index < -0.39 is 11.6 Å². The Bertz CT molecular complexity index is 1610. The number of amides is 1. The number of anilines is 4. The molecule has 4 aromatic rings. The number of piperidine rings is 1. The van der Waals surface area contributed by atoms with Crippen LogP contribution in [0.2, 0.25) is 0 Å². The number of morpholine rings is 1. The molecule has 0 radical (unpaired) electrons. The van der Waals surface area contributed by atoms with Crippen molar-refractivity contribution in [2.24, 2.45) is 0 Å². The molecule has 0 bridgehead atoms. The van der Waals surface area contributed by atoms with Crippen molar-refractivity contribution in [3.63, 3.8) is 0 Å². The molecule has 6 rings (SSSR count). The Hall–Kier alpha value is -4.38. The Labute approximate surface area is 236 Å². The first kappa shape index (κ1) is 26.8. The third-order valence-corrected chi connectivity index (χ3v) is 7.55. The summed E-state index contributed by atoms with van der Waals surface area (Å²) in [5.74, 6) is -0.143. The minimum absolute atomic E-state index is 0.0684. The lowest BCUT2D eigenvalue weighted by atomic mass is 10.0. The fourth-order valence-electron chi connectivity index (χ4n) is 5.51. The van der Waals surface area contributed by atoms with Gasteiger partial charge in [0.2, 0.25) is 5.91 Å². The molecule has 3 aromatic heterocycles. The van der Waals surface area contributed by atoms with Gasteiger partial charge in [0.15, 0.2) is 11.6 Å². The van der Waals surface area contributed by atoms with E-state index in [4.69, 9.17) is 14.5 Å². The van der Waals surface area contributed by atoms with Crippen LogP contribution in [0.25, 0.3) is 22.0 Å². The van der Waals surface area contributed by atoms with Gasteiger partial charge in [0.25, 0.3) is 0 Å². The van der Waals surface area contributed by atoms with Crippen molar-refractivity contribution >= 4 is 39.8 Å². The highest BCUT2D eigenvalue weighted by atomic mass is 19.1. The summed E-state index contributed by atoms with van der Waals surface area (Å²) in [6, 6.07) is 5.74. The van der Waals surface area contributed by atoms with Crippen LogP contribution in [0.4, 0.5) is 31.8 Å². The van der Waals surface area contributed by atoms with Crippen molar-refractivity contribution in [3.8, 4) is 16.9 Å². The Morgan fingerprint density at radius 1 is 1.05 bits per heavy atom. The lowest BCUT2D eigenvalue weighted by molar-refractivity contribution is -0.119. The fourth-order valence-corrected chi connectivity index (χ4v) is 5.51. The number of carbonyl (C=O) groups excluding carboxylic acids is 1. The lowest BCUT2D eigenvalue weighted by Gasteiger charge is -2.31. The molecule has 0 aliphatic carbocycles. The topological polar surface area (TPSA) is 92.7 Å². The van der Waals surface area contributed by atoms with E-state index in [-0.39, 0.29) is 16.8 Å². The van der Waals surface area contributed by atoms with Gasteiger partial charge in [-0.15, -0.1) is 0 Å². The number of hydrogen-bond donors (Lipinski definition) is 1. The van der Waals surface area contributed by atoms with Crippen molar-refractivity contribution in [2.75, 3.05) is 55.1 Å². The molecule has 9 nitrogen and oxygen atoms in total. The number of benzene rings is 1. The molecular formula is C30H30F2N6O3. The van der Waals surface area contributed by atoms with E-state index in [1.54, 1.807) is 37.5 Å². The van der Waals surface area contributed by atoms with Gasteiger partial charge < -0.3 is 19.7 Å². The monoisotopic (exact) mass is 560 g/mol. The first-order valence-electron chi connectivity index (χ1n) is 13.6. The third kappa shape index (κ3) is 5.01. The Morgan fingerprint density at radius 3 is 2.61 bits per heavy atom. The maximum Gasteiger partial charge on any atom is 0.228 e. The van der Waals surface area contributed by atoms with Gasteiger partial charge in [-0.1, -0.05) is 6.07 Å². The molecule has 5 heterocycles. The van der Waals surface area contributed by atoms with Crippen LogP contribution in [0.15, 0.2) is 42.9 Å². The molecule has 1 aromatic carbocycles. The van der Waals surface area contributed by atoms with E-state index in [2.05, 4.69) is 20.2 Å². The molecule has 2 aliphatic heterocycles. The van der Waals surface area contributed by atoms with Crippen LogP contribution in [0.1, 0.15) is 24.8 Å². The summed E-state index contributed by atoms with van der Waals surface area (Å²) < 4.78 is 41.5. The Balaban J connectivity index is 1.60. The van der Waals surface area contributed by atoms with Gasteiger partial charge in [-0.25, -0.2) is 18.7 Å². The highest BCUT2D eigenvalue weighted by molar-refractivity contribution is 6.03. The molecule has 0 spiro atoms. The Morgan fingerprint density at radius 2 is 1.88 bits per heavy atom. The first-order chi connectivity index (χ1) is 20.0. The SMILES string of the molecule is COc1c(N2CCOCC2)ncc(-c2cccnc2)c1Nc1c(C)c(N2CCCCC2=O)nc2cc(F)cc(F)c12. The lowest BCUT2D eigenvalue weighted by Crippen LogP contribution is -2.37. The highest BCUT2D eigenvalue weighted by Gasteiger charge is 2.28. The van der Waals surface area contributed by atoms with Gasteiger partial charge in [-0.3, -0.25) is 14.7 Å². The normalized spacial score (nSPS) is 15.9. The van der Waals surface area contributed by atoms with Gasteiger partial charge in [0.1, 0.15) is 17.5 Å². The summed E-state index contributed by atoms with van der Waals surface area (Å²) in [5.41, 5.74) is 3.00. The zero-order chi connectivity index (χ0) is 28.5. The number of nitrogens with zero attached hydrogens (tertiary/aromatic N) is 5. The molecule has 2 aliphatic rings. The molecule has 2 fully saturated rings. The third-order valence-electron chi connectivity index (χ3n) is 7.55. The van der Waals surface area contributed by atoms with Crippen molar-refractivity contribution in [1.82, 2.24) is 15.0 Å². The maximum absolute atomic E-state index is 15.5. The number of ether oxygens (including phenoxy) is 2. The molecule has 0 atom stereocenters. The standard InChI is InChI=1S/C30H30F2N6O3/c1-18-26(25-22(32)14-20(31)15-23(25)35-29(18)38-9-4-3-7-24(38)39)36-27-21(19-6-5-8-33-16-19)17-34-30(28(27)40-2)37-10-12-41-13-11-37/h5-6,8,14-17H,3-4,7,9-13H2,1-2H3,(H,34,35,36). The number of nitrogens with one attached hydrogen (secondary N) is 1. The van der Waals surface area contributed by atoms with Gasteiger partial charge in [0.05, 0.1) is 42.6 Å². The summed E-state index contributed by atoms with van der Waals surface area (Å²) in [7, 11) is 1.56. The first-order valence-corrected chi connectivity index (χ1v) is 13.6. The van der Waals surface area contributed by atoms with Crippen molar-refractivity contribution in [2.45, 2.75) is 26.2 Å². The van der Waals surface area contributed by atoms with Crippen LogP contribution >= 0.6 is 0 Å². The number of aromatic nitrogens is 3. The second kappa shape index (κ2) is 11.2. The predicted octanol–water partition coefficient (Wildman–Crippen LogP) is 5.38. The minimum Gasteiger partial charge on any atom is -0.491 e. The smallest absolute Gasteiger partial charge is 0.228 e. The molecule has 1 amide bonds. The number of methoxy groups -OCH3 is 1.